The van der Waals surface area contributed by atoms with Crippen LogP contribution in [0.3, 0.4) is 0 Å². The predicted octanol–water partition coefficient (Wildman–Crippen LogP) is 4.37. The number of carboxylic acid groups (broad SMARTS) is 1. The van der Waals surface area contributed by atoms with Crippen molar-refractivity contribution in [3.05, 3.63) is 59.4 Å². The van der Waals surface area contributed by atoms with E-state index in [4.69, 9.17) is 14.9 Å². The first-order valence-electron chi connectivity index (χ1n) is 8.19. The number of hydrogen-bond acceptors (Lipinski definition) is 3. The van der Waals surface area contributed by atoms with Gasteiger partial charge < -0.3 is 5.11 Å². The Kier molecular flexibility index (Phi) is 6.28. The predicted molar refractivity (Wildman–Crippen MR) is 93.8 cm³/mol. The first kappa shape index (κ1) is 19.1. The van der Waals surface area contributed by atoms with Gasteiger partial charge in [-0.1, -0.05) is 50.2 Å². The van der Waals surface area contributed by atoms with Gasteiger partial charge in [0.05, 0.1) is 19.6 Å². The molecule has 2 aromatic carbocycles. The van der Waals surface area contributed by atoms with Gasteiger partial charge >= 0.3 is 5.97 Å². The summed E-state index contributed by atoms with van der Waals surface area (Å²) in [7, 11) is 0. The van der Waals surface area contributed by atoms with Crippen LogP contribution in [-0.2, 0) is 26.4 Å². The lowest BCUT2D eigenvalue weighted by molar-refractivity contribution is -0.299. The highest BCUT2D eigenvalue weighted by molar-refractivity contribution is 5.71. The Morgan fingerprint density at radius 3 is 2.48 bits per heavy atom. The van der Waals surface area contributed by atoms with Crippen LogP contribution < -0.4 is 0 Å². The largest absolute Gasteiger partial charge is 0.481 e. The maximum absolute atomic E-state index is 14.1. The van der Waals surface area contributed by atoms with E-state index in [9.17, 15) is 9.18 Å². The van der Waals surface area contributed by atoms with Gasteiger partial charge in [0.2, 0.25) is 0 Å². The molecule has 0 aliphatic rings. The minimum absolute atomic E-state index is 0.179. The molecule has 0 fully saturated rings. The van der Waals surface area contributed by atoms with Crippen LogP contribution >= 0.6 is 0 Å². The van der Waals surface area contributed by atoms with Gasteiger partial charge in [-0.05, 0) is 35.2 Å². The van der Waals surface area contributed by atoms with Crippen LogP contribution in [0, 0.1) is 5.82 Å². The molecule has 0 heterocycles. The third-order valence-electron chi connectivity index (χ3n) is 3.99. The van der Waals surface area contributed by atoms with Crippen molar-refractivity contribution in [2.75, 3.05) is 13.2 Å². The Morgan fingerprint density at radius 1 is 1.12 bits per heavy atom. The average molecular weight is 346 g/mol. The molecule has 0 unspecified atom stereocenters. The monoisotopic (exact) mass is 346 g/mol. The molecule has 0 radical (unpaired) electrons. The standard InChI is InChI=1S/C20H23FO4/c1-4-24-25-13-20(2,3)17-7-5-6-14(10-17)15-8-9-16(12-19(22)23)18(21)11-15/h5-11H,4,12-13H2,1-3H3,(H,22,23). The van der Waals surface area contributed by atoms with Crippen LogP contribution in [0.15, 0.2) is 42.5 Å². The van der Waals surface area contributed by atoms with Crippen molar-refractivity contribution in [1.82, 2.24) is 0 Å². The van der Waals surface area contributed by atoms with E-state index in [-0.39, 0.29) is 17.4 Å². The summed E-state index contributed by atoms with van der Waals surface area (Å²) in [4.78, 5) is 20.9. The molecule has 0 saturated heterocycles. The van der Waals surface area contributed by atoms with Crippen LogP contribution in [-0.4, -0.2) is 24.3 Å². The van der Waals surface area contributed by atoms with Gasteiger partial charge in [0.15, 0.2) is 0 Å². The molecule has 0 amide bonds. The summed E-state index contributed by atoms with van der Waals surface area (Å²) in [6.45, 7) is 6.83. The quantitative estimate of drug-likeness (QED) is 0.438. The van der Waals surface area contributed by atoms with E-state index >= 15 is 0 Å². The summed E-state index contributed by atoms with van der Waals surface area (Å²) < 4.78 is 14.1. The molecular weight excluding hydrogens is 323 g/mol. The third-order valence-corrected chi connectivity index (χ3v) is 3.99. The lowest BCUT2D eigenvalue weighted by Crippen LogP contribution is -2.24. The van der Waals surface area contributed by atoms with Crippen LogP contribution in [0.2, 0.25) is 0 Å². The van der Waals surface area contributed by atoms with Crippen molar-refractivity contribution in [3.8, 4) is 11.1 Å². The molecular formula is C20H23FO4. The van der Waals surface area contributed by atoms with E-state index in [1.54, 1.807) is 6.07 Å². The molecule has 0 atom stereocenters. The highest BCUT2D eigenvalue weighted by Gasteiger charge is 2.22. The van der Waals surface area contributed by atoms with Crippen LogP contribution in [0.25, 0.3) is 11.1 Å². The summed E-state index contributed by atoms with van der Waals surface area (Å²) in [5.41, 5.74) is 2.52. The molecule has 2 rings (SSSR count). The van der Waals surface area contributed by atoms with Gasteiger partial charge in [-0.25, -0.2) is 14.2 Å². The lowest BCUT2D eigenvalue weighted by Gasteiger charge is -2.24. The van der Waals surface area contributed by atoms with Crippen molar-refractivity contribution >= 4 is 5.97 Å². The summed E-state index contributed by atoms with van der Waals surface area (Å²) in [5, 5.41) is 8.80. The zero-order valence-electron chi connectivity index (χ0n) is 14.7. The molecule has 0 aromatic heterocycles. The molecule has 4 nitrogen and oxygen atoms in total. The molecule has 0 bridgehead atoms. The Balaban J connectivity index is 2.26. The van der Waals surface area contributed by atoms with Gasteiger partial charge in [0.1, 0.15) is 5.82 Å². The van der Waals surface area contributed by atoms with E-state index in [1.165, 1.54) is 12.1 Å². The fraction of sp³-hybridized carbons (Fsp3) is 0.350. The minimum atomic E-state index is -1.05. The van der Waals surface area contributed by atoms with Crippen LogP contribution in [0.5, 0.6) is 0 Å². The second-order valence-corrected chi connectivity index (χ2v) is 6.51. The van der Waals surface area contributed by atoms with Crippen molar-refractivity contribution in [2.45, 2.75) is 32.6 Å². The van der Waals surface area contributed by atoms with E-state index < -0.39 is 11.8 Å². The van der Waals surface area contributed by atoms with Crippen molar-refractivity contribution in [1.29, 1.82) is 0 Å². The molecule has 25 heavy (non-hydrogen) atoms. The number of rotatable bonds is 8. The SMILES string of the molecule is CCOOCC(C)(C)c1cccc(-c2ccc(CC(=O)O)c(F)c2)c1. The third kappa shape index (κ3) is 5.11. The van der Waals surface area contributed by atoms with E-state index in [1.807, 2.05) is 45.0 Å². The molecule has 0 aliphatic carbocycles. The minimum Gasteiger partial charge on any atom is -0.481 e. The number of carboxylic acids is 1. The second kappa shape index (κ2) is 8.23. The van der Waals surface area contributed by atoms with Gasteiger partial charge in [0.25, 0.3) is 0 Å². The zero-order chi connectivity index (χ0) is 18.4. The summed E-state index contributed by atoms with van der Waals surface area (Å²) in [6, 6.07) is 12.4. The summed E-state index contributed by atoms with van der Waals surface area (Å²) in [6.07, 6.45) is -0.325. The highest BCUT2D eigenvalue weighted by atomic mass is 19.1. The lowest BCUT2D eigenvalue weighted by atomic mass is 9.84. The summed E-state index contributed by atoms with van der Waals surface area (Å²) >= 11 is 0. The average Bonchev–Trinajstić information content (AvgIpc) is 2.56. The van der Waals surface area contributed by atoms with Crippen LogP contribution in [0.1, 0.15) is 31.9 Å². The molecule has 5 heteroatoms. The second-order valence-electron chi connectivity index (χ2n) is 6.51. The Morgan fingerprint density at radius 2 is 1.84 bits per heavy atom. The fourth-order valence-corrected chi connectivity index (χ4v) is 2.51. The molecule has 0 aliphatic heterocycles. The fourth-order valence-electron chi connectivity index (χ4n) is 2.51. The number of aliphatic carboxylic acids is 1. The molecule has 2 aromatic rings. The van der Waals surface area contributed by atoms with Gasteiger partial charge in [-0.3, -0.25) is 4.79 Å². The number of halogens is 1. The van der Waals surface area contributed by atoms with Crippen molar-refractivity contribution in [3.63, 3.8) is 0 Å². The molecule has 0 saturated carbocycles. The first-order chi connectivity index (χ1) is 11.8. The maximum Gasteiger partial charge on any atom is 0.307 e. The van der Waals surface area contributed by atoms with Crippen LogP contribution in [0.4, 0.5) is 4.39 Å². The molecule has 134 valence electrons. The van der Waals surface area contributed by atoms with E-state index in [0.29, 0.717) is 18.8 Å². The van der Waals surface area contributed by atoms with Gasteiger partial charge in [0, 0.05) is 5.41 Å². The van der Waals surface area contributed by atoms with Gasteiger partial charge in [-0.15, -0.1) is 0 Å². The maximum atomic E-state index is 14.1. The molecule has 0 spiro atoms. The molecule has 1 N–H and O–H groups in total. The highest BCUT2D eigenvalue weighted by Crippen LogP contribution is 2.29. The Hall–Kier alpha value is -2.24. The smallest absolute Gasteiger partial charge is 0.307 e. The first-order valence-corrected chi connectivity index (χ1v) is 8.19. The number of benzene rings is 2. The van der Waals surface area contributed by atoms with Crippen molar-refractivity contribution in [2.24, 2.45) is 0 Å². The van der Waals surface area contributed by atoms with Gasteiger partial charge in [-0.2, -0.15) is 0 Å². The summed E-state index contributed by atoms with van der Waals surface area (Å²) in [5.74, 6) is -1.56. The Labute approximate surface area is 147 Å². The normalized spacial score (nSPS) is 11.5. The topological polar surface area (TPSA) is 55.8 Å². The zero-order valence-corrected chi connectivity index (χ0v) is 14.7. The van der Waals surface area contributed by atoms with Crippen molar-refractivity contribution < 1.29 is 24.1 Å². The Bertz CT molecular complexity index is 740. The van der Waals surface area contributed by atoms with E-state index in [2.05, 4.69) is 0 Å². The van der Waals surface area contributed by atoms with E-state index in [0.717, 1.165) is 11.1 Å². The number of hydrogen-bond donors (Lipinski definition) is 1. The number of carbonyl (C=O) groups is 1.